The quantitative estimate of drug-likeness (QED) is 0.737. The maximum absolute atomic E-state index is 13.3. The van der Waals surface area contributed by atoms with Gasteiger partial charge in [-0.05, 0) is 42.5 Å². The van der Waals surface area contributed by atoms with Gasteiger partial charge in [-0.2, -0.15) is 0 Å². The number of pyridine rings is 1. The van der Waals surface area contributed by atoms with E-state index in [9.17, 15) is 13.9 Å². The Labute approximate surface area is 131 Å². The Morgan fingerprint density at radius 2 is 1.83 bits per heavy atom. The van der Waals surface area contributed by atoms with E-state index in [1.807, 2.05) is 0 Å². The van der Waals surface area contributed by atoms with Gasteiger partial charge >= 0.3 is 0 Å². The lowest BCUT2D eigenvalue weighted by atomic mass is 10.1. The van der Waals surface area contributed by atoms with Crippen LogP contribution in [0.15, 0.2) is 48.5 Å². The fraction of sp³-hybridized carbons (Fsp3) is 0.118. The number of anilines is 2. The second-order valence-corrected chi connectivity index (χ2v) is 4.96. The molecular formula is C17H14F2N2O2. The molecule has 0 saturated carbocycles. The van der Waals surface area contributed by atoms with Crippen molar-refractivity contribution in [1.82, 2.24) is 4.98 Å². The first kappa shape index (κ1) is 15.0. The van der Waals surface area contributed by atoms with E-state index >= 15 is 0 Å². The molecule has 2 aromatic carbocycles. The highest BCUT2D eigenvalue weighted by Gasteiger charge is 2.16. The van der Waals surface area contributed by atoms with Crippen LogP contribution in [-0.4, -0.2) is 17.2 Å². The average molecular weight is 316 g/mol. The lowest BCUT2D eigenvalue weighted by molar-refractivity contribution is 0.152. The minimum Gasteiger partial charge on any atom is -0.508 e. The van der Waals surface area contributed by atoms with Crippen LogP contribution in [0.4, 0.5) is 20.3 Å². The van der Waals surface area contributed by atoms with E-state index in [4.69, 9.17) is 4.74 Å². The molecule has 0 aliphatic carbocycles. The number of benzene rings is 2. The number of alkyl halides is 2. The Kier molecular flexibility index (Phi) is 3.97. The van der Waals surface area contributed by atoms with Crippen molar-refractivity contribution in [2.75, 3.05) is 12.4 Å². The summed E-state index contributed by atoms with van der Waals surface area (Å²) < 4.78 is 31.7. The summed E-state index contributed by atoms with van der Waals surface area (Å²) in [5, 5.41) is 13.0. The molecule has 1 heterocycles. The smallest absolute Gasteiger partial charge is 0.267 e. The highest BCUT2D eigenvalue weighted by atomic mass is 19.3. The van der Waals surface area contributed by atoms with Crippen molar-refractivity contribution >= 4 is 22.4 Å². The van der Waals surface area contributed by atoms with Crippen LogP contribution in [0.5, 0.6) is 11.5 Å². The molecule has 0 aliphatic heterocycles. The van der Waals surface area contributed by atoms with Crippen molar-refractivity contribution < 1.29 is 18.6 Å². The van der Waals surface area contributed by atoms with E-state index in [-0.39, 0.29) is 17.1 Å². The van der Waals surface area contributed by atoms with Gasteiger partial charge in [-0.3, -0.25) is 0 Å². The van der Waals surface area contributed by atoms with Crippen LogP contribution in [0.25, 0.3) is 10.9 Å². The zero-order chi connectivity index (χ0) is 16.4. The summed E-state index contributed by atoms with van der Waals surface area (Å²) in [6.07, 6.45) is -2.67. The summed E-state index contributed by atoms with van der Waals surface area (Å²) in [5.41, 5.74) is 0.851. The van der Waals surface area contributed by atoms with Crippen LogP contribution >= 0.6 is 0 Å². The summed E-state index contributed by atoms with van der Waals surface area (Å²) in [6, 6.07) is 12.7. The monoisotopic (exact) mass is 316 g/mol. The zero-order valence-corrected chi connectivity index (χ0v) is 12.3. The van der Waals surface area contributed by atoms with Crippen LogP contribution < -0.4 is 10.1 Å². The molecule has 0 unspecified atom stereocenters. The molecule has 1 aromatic heterocycles. The molecule has 6 heteroatoms. The molecule has 0 saturated heterocycles. The third kappa shape index (κ3) is 3.15. The molecule has 0 atom stereocenters. The second kappa shape index (κ2) is 6.08. The van der Waals surface area contributed by atoms with E-state index in [1.54, 1.807) is 37.4 Å². The maximum atomic E-state index is 13.3. The molecule has 3 aromatic rings. The summed E-state index contributed by atoms with van der Waals surface area (Å²) in [7, 11) is 1.55. The van der Waals surface area contributed by atoms with Gasteiger partial charge in [0.15, 0.2) is 0 Å². The number of ether oxygens (including phenoxy) is 1. The zero-order valence-electron chi connectivity index (χ0n) is 12.3. The predicted octanol–water partition coefficient (Wildman–Crippen LogP) is 4.63. The number of fused-ring (bicyclic) bond motifs is 1. The minimum atomic E-state index is -2.67. The molecule has 0 amide bonds. The number of methoxy groups -OCH3 is 1. The molecule has 2 N–H and O–H groups in total. The van der Waals surface area contributed by atoms with Crippen LogP contribution in [0.3, 0.4) is 0 Å². The van der Waals surface area contributed by atoms with E-state index in [0.717, 1.165) is 0 Å². The number of nitrogens with one attached hydrogen (secondary N) is 1. The Balaban J connectivity index is 2.04. The van der Waals surface area contributed by atoms with Crippen molar-refractivity contribution in [3.8, 4) is 11.5 Å². The normalized spacial score (nSPS) is 11.0. The number of aromatic nitrogens is 1. The Hall–Kier alpha value is -2.89. The SMILES string of the molecule is COc1ccc(Nc2nc3cc(O)ccc3cc2C(F)F)cc1. The number of halogens is 2. The number of rotatable bonds is 4. The fourth-order valence-corrected chi connectivity index (χ4v) is 2.25. The van der Waals surface area contributed by atoms with Gasteiger partial charge in [0.1, 0.15) is 17.3 Å². The lowest BCUT2D eigenvalue weighted by Gasteiger charge is -2.13. The van der Waals surface area contributed by atoms with Gasteiger partial charge < -0.3 is 15.2 Å². The molecule has 118 valence electrons. The van der Waals surface area contributed by atoms with Crippen LogP contribution in [0, 0.1) is 0 Å². The molecule has 4 nitrogen and oxygen atoms in total. The number of hydrogen-bond acceptors (Lipinski definition) is 4. The van der Waals surface area contributed by atoms with Gasteiger partial charge in [0, 0.05) is 17.1 Å². The Morgan fingerprint density at radius 3 is 2.48 bits per heavy atom. The second-order valence-electron chi connectivity index (χ2n) is 4.96. The Bertz CT molecular complexity index is 836. The van der Waals surface area contributed by atoms with E-state index in [2.05, 4.69) is 10.3 Å². The summed E-state index contributed by atoms with van der Waals surface area (Å²) in [4.78, 5) is 4.21. The molecule has 0 bridgehead atoms. The first-order valence-electron chi connectivity index (χ1n) is 6.90. The van der Waals surface area contributed by atoms with Gasteiger partial charge in [-0.25, -0.2) is 13.8 Å². The van der Waals surface area contributed by atoms with Crippen molar-refractivity contribution in [3.05, 3.63) is 54.1 Å². The first-order chi connectivity index (χ1) is 11.1. The summed E-state index contributed by atoms with van der Waals surface area (Å²) in [5.74, 6) is 0.759. The van der Waals surface area contributed by atoms with Crippen LogP contribution in [0.2, 0.25) is 0 Å². The molecular weight excluding hydrogens is 302 g/mol. The molecule has 3 rings (SSSR count). The highest BCUT2D eigenvalue weighted by molar-refractivity contribution is 5.84. The van der Waals surface area contributed by atoms with Gasteiger partial charge in [0.2, 0.25) is 0 Å². The highest BCUT2D eigenvalue weighted by Crippen LogP contribution is 2.32. The van der Waals surface area contributed by atoms with E-state index in [1.165, 1.54) is 18.2 Å². The van der Waals surface area contributed by atoms with Crippen molar-refractivity contribution in [3.63, 3.8) is 0 Å². The fourth-order valence-electron chi connectivity index (χ4n) is 2.25. The minimum absolute atomic E-state index is 0.0326. The van der Waals surface area contributed by atoms with Gasteiger partial charge in [-0.15, -0.1) is 0 Å². The lowest BCUT2D eigenvalue weighted by Crippen LogP contribution is -2.00. The third-order valence-corrected chi connectivity index (χ3v) is 3.42. The number of nitrogens with zero attached hydrogens (tertiary/aromatic N) is 1. The van der Waals surface area contributed by atoms with E-state index in [0.29, 0.717) is 22.3 Å². The van der Waals surface area contributed by atoms with Gasteiger partial charge in [0.25, 0.3) is 6.43 Å². The van der Waals surface area contributed by atoms with Crippen molar-refractivity contribution in [2.45, 2.75) is 6.43 Å². The standard InChI is InChI=1S/C17H14F2N2O2/c1-23-13-6-3-11(4-7-13)20-17-14(16(18)19)8-10-2-5-12(22)9-15(10)21-17/h2-9,16,22H,1H3,(H,20,21). The van der Waals surface area contributed by atoms with Gasteiger partial charge in [0.05, 0.1) is 18.2 Å². The summed E-state index contributed by atoms with van der Waals surface area (Å²) in [6.45, 7) is 0. The first-order valence-corrected chi connectivity index (χ1v) is 6.90. The molecule has 0 aliphatic rings. The van der Waals surface area contributed by atoms with Crippen molar-refractivity contribution in [2.24, 2.45) is 0 Å². The molecule has 0 spiro atoms. The average Bonchev–Trinajstić information content (AvgIpc) is 2.54. The molecule has 0 fully saturated rings. The molecule has 23 heavy (non-hydrogen) atoms. The largest absolute Gasteiger partial charge is 0.508 e. The predicted molar refractivity (Wildman–Crippen MR) is 84.6 cm³/mol. The van der Waals surface area contributed by atoms with Gasteiger partial charge in [-0.1, -0.05) is 0 Å². The van der Waals surface area contributed by atoms with E-state index < -0.39 is 6.43 Å². The number of aromatic hydroxyl groups is 1. The van der Waals surface area contributed by atoms with Crippen LogP contribution in [0.1, 0.15) is 12.0 Å². The third-order valence-electron chi connectivity index (χ3n) is 3.42. The maximum Gasteiger partial charge on any atom is 0.267 e. The topological polar surface area (TPSA) is 54.4 Å². The molecule has 0 radical (unpaired) electrons. The number of hydrogen-bond donors (Lipinski definition) is 2. The number of phenols is 1. The van der Waals surface area contributed by atoms with Crippen molar-refractivity contribution in [1.29, 1.82) is 0 Å². The number of phenolic OH excluding ortho intramolecular Hbond substituents is 1. The Morgan fingerprint density at radius 1 is 1.09 bits per heavy atom. The van der Waals surface area contributed by atoms with Crippen LogP contribution in [-0.2, 0) is 0 Å². The summed E-state index contributed by atoms with van der Waals surface area (Å²) >= 11 is 0.